The van der Waals surface area contributed by atoms with Gasteiger partial charge < -0.3 is 15.4 Å². The lowest BCUT2D eigenvalue weighted by Gasteiger charge is -2.32. The largest absolute Gasteiger partial charge is 0.491 e. The highest BCUT2D eigenvalue weighted by molar-refractivity contribution is 5.75. The normalized spacial score (nSPS) is 20.0. The minimum Gasteiger partial charge on any atom is -0.491 e. The maximum absolute atomic E-state index is 13.0. The summed E-state index contributed by atoms with van der Waals surface area (Å²) in [6.45, 7) is 3.12. The fraction of sp³-hybridized carbons (Fsp3) is 0.381. The van der Waals surface area contributed by atoms with E-state index in [1.54, 1.807) is 0 Å². The van der Waals surface area contributed by atoms with Crippen molar-refractivity contribution in [2.24, 2.45) is 0 Å². The zero-order valence-electron chi connectivity index (χ0n) is 15.2. The first-order chi connectivity index (χ1) is 13.2. The Morgan fingerprint density at radius 3 is 2.59 bits per heavy atom. The van der Waals surface area contributed by atoms with Crippen molar-refractivity contribution in [2.45, 2.75) is 31.5 Å². The third kappa shape index (κ3) is 4.39. The average molecular weight is 369 g/mol. The van der Waals surface area contributed by atoms with Crippen LogP contribution in [0.3, 0.4) is 0 Å². The van der Waals surface area contributed by atoms with Crippen LogP contribution in [0.5, 0.6) is 5.75 Å². The first-order valence-electron chi connectivity index (χ1n) is 9.43. The first-order valence-corrected chi connectivity index (χ1v) is 9.43. The van der Waals surface area contributed by atoms with Crippen LogP contribution in [-0.2, 0) is 6.54 Å². The summed E-state index contributed by atoms with van der Waals surface area (Å²) < 4.78 is 18.6. The Balaban J connectivity index is 1.22. The molecule has 0 aliphatic carbocycles. The van der Waals surface area contributed by atoms with E-state index in [1.807, 2.05) is 36.4 Å². The molecular weight excluding hydrogens is 345 g/mol. The number of para-hydroxylation sites is 1. The van der Waals surface area contributed by atoms with E-state index in [9.17, 15) is 9.18 Å². The predicted molar refractivity (Wildman–Crippen MR) is 101 cm³/mol. The molecular formula is C21H24FN3O2. The number of amides is 2. The van der Waals surface area contributed by atoms with Gasteiger partial charge in [-0.05, 0) is 36.6 Å². The molecule has 2 N–H and O–H groups in total. The number of nitrogens with one attached hydrogen (secondary N) is 2. The highest BCUT2D eigenvalue weighted by Gasteiger charge is 2.26. The molecule has 2 aliphatic rings. The van der Waals surface area contributed by atoms with Gasteiger partial charge in [-0.15, -0.1) is 0 Å². The molecule has 1 saturated heterocycles. The molecule has 1 atom stereocenters. The van der Waals surface area contributed by atoms with Crippen molar-refractivity contribution in [3.8, 4) is 5.75 Å². The number of rotatable bonds is 4. The number of fused-ring (bicyclic) bond motifs is 1. The van der Waals surface area contributed by atoms with Crippen molar-refractivity contribution in [1.29, 1.82) is 0 Å². The summed E-state index contributed by atoms with van der Waals surface area (Å²) in [5.74, 6) is 0.639. The molecule has 2 aromatic rings. The van der Waals surface area contributed by atoms with Crippen LogP contribution in [0.1, 0.15) is 30.0 Å². The minimum absolute atomic E-state index is 0.0974. The van der Waals surface area contributed by atoms with Crippen LogP contribution in [0.15, 0.2) is 48.5 Å². The number of ether oxygens (including phenoxy) is 1. The number of carbonyl (C=O) groups excluding carboxylic acids is 1. The van der Waals surface area contributed by atoms with Crippen LogP contribution in [-0.4, -0.2) is 36.7 Å². The van der Waals surface area contributed by atoms with E-state index in [0.717, 1.165) is 49.4 Å². The molecule has 5 nitrogen and oxygen atoms in total. The molecule has 4 rings (SSSR count). The van der Waals surface area contributed by atoms with E-state index in [-0.39, 0.29) is 23.9 Å². The molecule has 1 fully saturated rings. The van der Waals surface area contributed by atoms with E-state index in [2.05, 4.69) is 15.5 Å². The summed E-state index contributed by atoms with van der Waals surface area (Å²) in [5, 5.41) is 6.10. The SMILES string of the molecule is O=C(NC1CCN(Cc2ccc(F)cc2)CC1)NC1COc2ccccc21. The van der Waals surface area contributed by atoms with Gasteiger partial charge in [0.1, 0.15) is 18.2 Å². The molecule has 6 heteroatoms. The van der Waals surface area contributed by atoms with Gasteiger partial charge in [0.05, 0.1) is 6.04 Å². The van der Waals surface area contributed by atoms with Gasteiger partial charge in [-0.3, -0.25) is 4.90 Å². The second-order valence-electron chi connectivity index (χ2n) is 7.20. The Morgan fingerprint density at radius 2 is 1.81 bits per heavy atom. The van der Waals surface area contributed by atoms with Gasteiger partial charge >= 0.3 is 6.03 Å². The van der Waals surface area contributed by atoms with E-state index < -0.39 is 0 Å². The summed E-state index contributed by atoms with van der Waals surface area (Å²) in [6, 6.07) is 14.4. The molecule has 142 valence electrons. The zero-order chi connectivity index (χ0) is 18.6. The number of benzene rings is 2. The van der Waals surface area contributed by atoms with E-state index in [4.69, 9.17) is 4.74 Å². The molecule has 1 unspecified atom stereocenters. The van der Waals surface area contributed by atoms with Gasteiger partial charge in [-0.1, -0.05) is 30.3 Å². The Kier molecular flexibility index (Phi) is 5.25. The number of urea groups is 1. The smallest absolute Gasteiger partial charge is 0.315 e. The summed E-state index contributed by atoms with van der Waals surface area (Å²) >= 11 is 0. The quantitative estimate of drug-likeness (QED) is 0.870. The molecule has 2 amide bonds. The summed E-state index contributed by atoms with van der Waals surface area (Å²) in [6.07, 6.45) is 1.82. The van der Waals surface area contributed by atoms with Crippen molar-refractivity contribution >= 4 is 6.03 Å². The molecule has 2 heterocycles. The Bertz CT molecular complexity index is 788. The monoisotopic (exact) mass is 369 g/mol. The molecule has 2 aromatic carbocycles. The third-order valence-electron chi connectivity index (χ3n) is 5.25. The van der Waals surface area contributed by atoms with Crippen LogP contribution < -0.4 is 15.4 Å². The number of nitrogens with zero attached hydrogens (tertiary/aromatic N) is 1. The Labute approximate surface area is 158 Å². The van der Waals surface area contributed by atoms with Crippen LogP contribution in [0.2, 0.25) is 0 Å². The van der Waals surface area contributed by atoms with Crippen molar-refractivity contribution < 1.29 is 13.9 Å². The fourth-order valence-corrected chi connectivity index (χ4v) is 3.75. The van der Waals surface area contributed by atoms with Crippen molar-refractivity contribution in [2.75, 3.05) is 19.7 Å². The number of piperidine rings is 1. The van der Waals surface area contributed by atoms with Crippen LogP contribution in [0, 0.1) is 5.82 Å². The predicted octanol–water partition coefficient (Wildman–Crippen LogP) is 3.22. The molecule has 0 spiro atoms. The van der Waals surface area contributed by atoms with Crippen LogP contribution in [0.4, 0.5) is 9.18 Å². The second kappa shape index (κ2) is 7.96. The highest BCUT2D eigenvalue weighted by Crippen LogP contribution is 2.31. The molecule has 0 radical (unpaired) electrons. The van der Waals surface area contributed by atoms with E-state index in [0.29, 0.717) is 6.61 Å². The van der Waals surface area contributed by atoms with Gasteiger partial charge in [-0.25, -0.2) is 9.18 Å². The number of carbonyl (C=O) groups is 1. The highest BCUT2D eigenvalue weighted by atomic mass is 19.1. The van der Waals surface area contributed by atoms with Crippen LogP contribution in [0.25, 0.3) is 0 Å². The molecule has 2 aliphatic heterocycles. The summed E-state index contributed by atoms with van der Waals surface area (Å²) in [7, 11) is 0. The zero-order valence-corrected chi connectivity index (χ0v) is 15.2. The first kappa shape index (κ1) is 17.8. The topological polar surface area (TPSA) is 53.6 Å². The maximum atomic E-state index is 13.0. The standard InChI is InChI=1S/C21H24FN3O2/c22-16-7-5-15(6-8-16)13-25-11-9-17(10-12-25)23-21(26)24-19-14-27-20-4-2-1-3-18(19)20/h1-8,17,19H,9-14H2,(H2,23,24,26). The van der Waals surface area contributed by atoms with Gasteiger partial charge in [0.2, 0.25) is 0 Å². The van der Waals surface area contributed by atoms with Crippen molar-refractivity contribution in [3.63, 3.8) is 0 Å². The average Bonchev–Trinajstić information content (AvgIpc) is 3.08. The number of hydrogen-bond acceptors (Lipinski definition) is 3. The van der Waals surface area contributed by atoms with Crippen LogP contribution >= 0.6 is 0 Å². The van der Waals surface area contributed by atoms with Gasteiger partial charge in [0.25, 0.3) is 0 Å². The number of halogens is 1. The molecule has 0 aromatic heterocycles. The number of hydrogen-bond donors (Lipinski definition) is 2. The lowest BCUT2D eigenvalue weighted by atomic mass is 10.0. The third-order valence-corrected chi connectivity index (χ3v) is 5.25. The molecule has 0 saturated carbocycles. The van der Waals surface area contributed by atoms with E-state index in [1.165, 1.54) is 12.1 Å². The molecule has 27 heavy (non-hydrogen) atoms. The second-order valence-corrected chi connectivity index (χ2v) is 7.20. The summed E-state index contributed by atoms with van der Waals surface area (Å²) in [5.41, 5.74) is 2.14. The Morgan fingerprint density at radius 1 is 1.07 bits per heavy atom. The minimum atomic E-state index is -0.206. The maximum Gasteiger partial charge on any atom is 0.315 e. The van der Waals surface area contributed by atoms with Gasteiger partial charge in [-0.2, -0.15) is 0 Å². The van der Waals surface area contributed by atoms with Gasteiger partial charge in [0, 0.05) is 31.2 Å². The molecule has 0 bridgehead atoms. The van der Waals surface area contributed by atoms with E-state index >= 15 is 0 Å². The number of likely N-dealkylation sites (tertiary alicyclic amines) is 1. The fourth-order valence-electron chi connectivity index (χ4n) is 3.75. The van der Waals surface area contributed by atoms with Gasteiger partial charge in [0.15, 0.2) is 0 Å². The Hall–Kier alpha value is -2.60. The lowest BCUT2D eigenvalue weighted by molar-refractivity contribution is 0.184. The van der Waals surface area contributed by atoms with Crippen molar-refractivity contribution in [3.05, 3.63) is 65.5 Å². The summed E-state index contributed by atoms with van der Waals surface area (Å²) in [4.78, 5) is 14.7. The lowest BCUT2D eigenvalue weighted by Crippen LogP contribution is -2.48. The van der Waals surface area contributed by atoms with Crippen molar-refractivity contribution in [1.82, 2.24) is 15.5 Å².